The van der Waals surface area contributed by atoms with Crippen LogP contribution in [0.2, 0.25) is 0 Å². The average molecular weight is 383 g/mol. The van der Waals surface area contributed by atoms with Gasteiger partial charge in [-0.25, -0.2) is 13.1 Å². The Morgan fingerprint density at radius 2 is 1.80 bits per heavy atom. The van der Waals surface area contributed by atoms with Gasteiger partial charge in [0.15, 0.2) is 0 Å². The van der Waals surface area contributed by atoms with Crippen LogP contribution in [0.5, 0.6) is 0 Å². The second-order valence-electron chi connectivity index (χ2n) is 7.65. The van der Waals surface area contributed by atoms with E-state index >= 15 is 0 Å². The van der Waals surface area contributed by atoms with E-state index in [1.807, 2.05) is 0 Å². The van der Waals surface area contributed by atoms with Gasteiger partial charge in [0.2, 0.25) is 0 Å². The predicted octanol–water partition coefficient (Wildman–Crippen LogP) is 2.82. The summed E-state index contributed by atoms with van der Waals surface area (Å²) in [5, 5.41) is 0. The first-order chi connectivity index (χ1) is 11.7. The van der Waals surface area contributed by atoms with Gasteiger partial charge in [0.05, 0.1) is 12.5 Å². The number of sulfonamides is 1. The SMILES string of the molecule is O=C(OCCCNS(=O)(=O)C(F)(F)F)C1CC2CC3CCC1C(C3)C2. The number of halogens is 3. The van der Waals surface area contributed by atoms with Crippen LogP contribution in [0.4, 0.5) is 13.2 Å². The van der Waals surface area contributed by atoms with Crippen molar-refractivity contribution in [2.75, 3.05) is 13.2 Å². The van der Waals surface area contributed by atoms with E-state index in [0.29, 0.717) is 17.8 Å². The van der Waals surface area contributed by atoms with E-state index in [-0.39, 0.29) is 24.9 Å². The molecule has 0 aromatic carbocycles. The average Bonchev–Trinajstić information content (AvgIpc) is 2.50. The number of ether oxygens (including phenoxy) is 1. The molecule has 3 fully saturated rings. The molecule has 0 aromatic heterocycles. The van der Waals surface area contributed by atoms with E-state index in [9.17, 15) is 26.4 Å². The first-order valence-corrected chi connectivity index (χ1v) is 10.4. The third-order valence-electron chi connectivity index (χ3n) is 6.02. The molecule has 3 rings (SSSR count). The van der Waals surface area contributed by atoms with Crippen molar-refractivity contribution in [1.82, 2.24) is 4.72 Å². The summed E-state index contributed by atoms with van der Waals surface area (Å²) in [5.74, 6) is 2.04. The second kappa shape index (κ2) is 7.06. The zero-order chi connectivity index (χ0) is 18.2. The van der Waals surface area contributed by atoms with Crippen LogP contribution in [-0.2, 0) is 19.6 Å². The molecule has 1 N–H and O–H groups in total. The number of nitrogens with one attached hydrogen (secondary N) is 1. The van der Waals surface area contributed by atoms with Gasteiger partial charge in [0, 0.05) is 6.54 Å². The Morgan fingerprint density at radius 1 is 1.08 bits per heavy atom. The summed E-state index contributed by atoms with van der Waals surface area (Å²) in [4.78, 5) is 12.4. The lowest BCUT2D eigenvalue weighted by Gasteiger charge is -2.51. The molecule has 5 nitrogen and oxygen atoms in total. The molecule has 25 heavy (non-hydrogen) atoms. The molecule has 0 amide bonds. The summed E-state index contributed by atoms with van der Waals surface area (Å²) in [6.07, 6.45) is 6.75. The van der Waals surface area contributed by atoms with Crippen LogP contribution >= 0.6 is 0 Å². The first kappa shape index (κ1) is 18.9. The summed E-state index contributed by atoms with van der Waals surface area (Å²) in [6.45, 7) is -0.476. The zero-order valence-corrected chi connectivity index (χ0v) is 14.7. The quantitative estimate of drug-likeness (QED) is 0.566. The number of carbonyl (C=O) groups is 1. The van der Waals surface area contributed by atoms with Crippen molar-refractivity contribution >= 4 is 16.0 Å². The zero-order valence-electron chi connectivity index (χ0n) is 13.9. The smallest absolute Gasteiger partial charge is 0.465 e. The fourth-order valence-corrected chi connectivity index (χ4v) is 5.61. The lowest BCUT2D eigenvalue weighted by atomic mass is 9.54. The molecule has 5 atom stereocenters. The van der Waals surface area contributed by atoms with Gasteiger partial charge >= 0.3 is 21.5 Å². The van der Waals surface area contributed by atoms with Crippen LogP contribution in [0.1, 0.15) is 44.9 Å². The lowest BCUT2D eigenvalue weighted by molar-refractivity contribution is -0.157. The maximum absolute atomic E-state index is 12.4. The number of hydrogen-bond donors (Lipinski definition) is 1. The van der Waals surface area contributed by atoms with Gasteiger partial charge in [-0.3, -0.25) is 4.79 Å². The van der Waals surface area contributed by atoms with E-state index in [4.69, 9.17) is 4.74 Å². The van der Waals surface area contributed by atoms with E-state index in [0.717, 1.165) is 18.8 Å². The van der Waals surface area contributed by atoms with Gasteiger partial charge in [-0.1, -0.05) is 6.42 Å². The first-order valence-electron chi connectivity index (χ1n) is 8.90. The van der Waals surface area contributed by atoms with Gasteiger partial charge in [0.1, 0.15) is 0 Å². The highest BCUT2D eigenvalue weighted by Crippen LogP contribution is 2.54. The molecule has 3 saturated carbocycles. The Kier molecular flexibility index (Phi) is 5.35. The molecule has 3 aliphatic carbocycles. The van der Waals surface area contributed by atoms with Crippen LogP contribution < -0.4 is 4.72 Å². The summed E-state index contributed by atoms with van der Waals surface area (Å²) >= 11 is 0. The summed E-state index contributed by atoms with van der Waals surface area (Å²) < 4.78 is 64.9. The Bertz CT molecular complexity index is 601. The largest absolute Gasteiger partial charge is 0.511 e. The van der Waals surface area contributed by atoms with Crippen molar-refractivity contribution in [2.24, 2.45) is 29.6 Å². The second-order valence-corrected chi connectivity index (χ2v) is 9.41. The minimum absolute atomic E-state index is 0.0212. The third kappa shape index (κ3) is 4.13. The van der Waals surface area contributed by atoms with Crippen molar-refractivity contribution in [3.05, 3.63) is 0 Å². The Labute approximate surface area is 145 Å². The van der Waals surface area contributed by atoms with E-state index in [2.05, 4.69) is 0 Å². The number of fused-ring (bicyclic) bond motifs is 2. The van der Waals surface area contributed by atoms with Gasteiger partial charge in [0.25, 0.3) is 0 Å². The number of hydrogen-bond acceptors (Lipinski definition) is 4. The van der Waals surface area contributed by atoms with Gasteiger partial charge in [-0.2, -0.15) is 13.2 Å². The van der Waals surface area contributed by atoms with Crippen molar-refractivity contribution < 1.29 is 31.1 Å². The molecule has 0 saturated heterocycles. The third-order valence-corrected chi connectivity index (χ3v) is 7.22. The van der Waals surface area contributed by atoms with Gasteiger partial charge < -0.3 is 4.74 Å². The van der Waals surface area contributed by atoms with Crippen LogP contribution in [0.15, 0.2) is 0 Å². The highest BCUT2D eigenvalue weighted by molar-refractivity contribution is 7.90. The fourth-order valence-electron chi connectivity index (χ4n) is 5.03. The maximum Gasteiger partial charge on any atom is 0.511 e. The van der Waals surface area contributed by atoms with Crippen molar-refractivity contribution in [3.8, 4) is 0 Å². The Balaban J connectivity index is 1.43. The molecule has 3 bridgehead atoms. The van der Waals surface area contributed by atoms with Gasteiger partial charge in [-0.05, 0) is 62.2 Å². The van der Waals surface area contributed by atoms with Crippen LogP contribution in [0.25, 0.3) is 0 Å². The molecule has 3 aliphatic rings. The van der Waals surface area contributed by atoms with E-state index < -0.39 is 22.1 Å². The standard InChI is InChI=1S/C16H24F3NO4S/c17-16(18,19)25(22,23)20-4-1-5-24-15(21)14-9-11-6-10-2-3-13(14)12(7-10)8-11/h10-14,20H,1-9H2. The topological polar surface area (TPSA) is 72.5 Å². The van der Waals surface area contributed by atoms with Crippen molar-refractivity contribution in [3.63, 3.8) is 0 Å². The molecule has 9 heteroatoms. The Morgan fingerprint density at radius 3 is 2.52 bits per heavy atom. The highest BCUT2D eigenvalue weighted by atomic mass is 32.2. The molecule has 5 unspecified atom stereocenters. The number of esters is 1. The normalized spacial score (nSPS) is 34.8. The molecule has 0 heterocycles. The number of rotatable bonds is 6. The molecular formula is C16H24F3NO4S. The predicted molar refractivity (Wildman–Crippen MR) is 83.7 cm³/mol. The fraction of sp³-hybridized carbons (Fsp3) is 0.938. The van der Waals surface area contributed by atoms with Crippen LogP contribution in [-0.4, -0.2) is 33.0 Å². The minimum atomic E-state index is -5.33. The number of carbonyl (C=O) groups excluding carboxylic acids is 1. The molecule has 0 radical (unpaired) electrons. The van der Waals surface area contributed by atoms with Crippen molar-refractivity contribution in [1.29, 1.82) is 0 Å². The van der Waals surface area contributed by atoms with Crippen LogP contribution in [0.3, 0.4) is 0 Å². The molecule has 0 aromatic rings. The molecule has 0 spiro atoms. The van der Waals surface area contributed by atoms with E-state index in [1.165, 1.54) is 30.4 Å². The lowest BCUT2D eigenvalue weighted by Crippen LogP contribution is -2.45. The van der Waals surface area contributed by atoms with Crippen LogP contribution in [0, 0.1) is 29.6 Å². The summed E-state index contributed by atoms with van der Waals surface area (Å²) in [6, 6.07) is 0. The maximum atomic E-state index is 12.4. The van der Waals surface area contributed by atoms with Gasteiger partial charge in [-0.15, -0.1) is 0 Å². The highest BCUT2D eigenvalue weighted by Gasteiger charge is 2.48. The van der Waals surface area contributed by atoms with E-state index in [1.54, 1.807) is 0 Å². The summed E-state index contributed by atoms with van der Waals surface area (Å²) in [7, 11) is -5.33. The van der Waals surface area contributed by atoms with Crippen molar-refractivity contribution in [2.45, 2.75) is 50.5 Å². The monoisotopic (exact) mass is 383 g/mol. The Hall–Kier alpha value is -0.830. The molecular weight excluding hydrogens is 359 g/mol. The number of alkyl halides is 3. The molecule has 0 aliphatic heterocycles. The summed E-state index contributed by atoms with van der Waals surface area (Å²) in [5.41, 5.74) is -5.32. The minimum Gasteiger partial charge on any atom is -0.465 e. The molecule has 144 valence electrons.